The van der Waals surface area contributed by atoms with Crippen LogP contribution in [0.3, 0.4) is 0 Å². The number of nitrogens with one attached hydrogen (secondary N) is 3. The van der Waals surface area contributed by atoms with Gasteiger partial charge in [-0.15, -0.1) is 0 Å². The summed E-state index contributed by atoms with van der Waals surface area (Å²) < 4.78 is 0. The summed E-state index contributed by atoms with van der Waals surface area (Å²) in [6.45, 7) is 4.11. The molecule has 0 aromatic rings. The monoisotopic (exact) mass is 403 g/mol. The van der Waals surface area contributed by atoms with Gasteiger partial charge in [-0.25, -0.2) is 4.79 Å². The van der Waals surface area contributed by atoms with Crippen molar-refractivity contribution in [3.05, 3.63) is 0 Å². The maximum Gasteiger partial charge on any atom is 0.328 e. The smallest absolute Gasteiger partial charge is 0.328 e. The Kier molecular flexibility index (Phi) is 10.7. The molecule has 9 N–H and O–H groups in total. The van der Waals surface area contributed by atoms with E-state index in [9.17, 15) is 29.1 Å². The standard InChI is InChI=1S/C16H29N5O7/c1-4-7(2)12(21-14(25)9(17)5-10(18)23)15(26)19-6-11(24)20-13(8(3)22)16(27)28/h7-9,12-13,22H,4-6,17H2,1-3H3,(H2,18,23)(H,19,26)(H,20,24)(H,21,25)(H,27,28). The van der Waals surface area contributed by atoms with Crippen molar-refractivity contribution in [2.45, 2.75) is 57.8 Å². The first-order chi connectivity index (χ1) is 12.9. The first-order valence-electron chi connectivity index (χ1n) is 8.72. The van der Waals surface area contributed by atoms with Crippen molar-refractivity contribution in [2.75, 3.05) is 6.54 Å². The molecule has 0 radical (unpaired) electrons. The van der Waals surface area contributed by atoms with Crippen LogP contribution in [-0.4, -0.2) is 70.6 Å². The van der Waals surface area contributed by atoms with Crippen LogP contribution in [0.2, 0.25) is 0 Å². The number of carboxylic acid groups (broad SMARTS) is 1. The zero-order chi connectivity index (χ0) is 22.0. The second kappa shape index (κ2) is 11.9. The Bertz CT molecular complexity index is 596. The Morgan fingerprint density at radius 3 is 2.00 bits per heavy atom. The van der Waals surface area contributed by atoms with Crippen LogP contribution in [0.1, 0.15) is 33.6 Å². The Morgan fingerprint density at radius 2 is 1.57 bits per heavy atom. The number of carbonyl (C=O) groups excluding carboxylic acids is 4. The number of aliphatic carboxylic acids is 1. The molecule has 0 saturated carbocycles. The van der Waals surface area contributed by atoms with E-state index in [1.807, 2.05) is 0 Å². The molecule has 0 heterocycles. The quantitative estimate of drug-likeness (QED) is 0.175. The number of carboxylic acids is 1. The van der Waals surface area contributed by atoms with Gasteiger partial charge in [0.05, 0.1) is 25.1 Å². The summed E-state index contributed by atoms with van der Waals surface area (Å²) in [5.41, 5.74) is 10.5. The predicted octanol–water partition coefficient (Wildman–Crippen LogP) is -3.21. The van der Waals surface area contributed by atoms with E-state index in [2.05, 4.69) is 16.0 Å². The largest absolute Gasteiger partial charge is 0.480 e. The number of rotatable bonds is 12. The molecule has 0 bridgehead atoms. The van der Waals surface area contributed by atoms with Crippen LogP contribution in [0.4, 0.5) is 0 Å². The lowest BCUT2D eigenvalue weighted by atomic mass is 9.97. The molecule has 4 amide bonds. The summed E-state index contributed by atoms with van der Waals surface area (Å²) in [5.74, 6) is -4.78. The molecule has 0 aliphatic heterocycles. The summed E-state index contributed by atoms with van der Waals surface area (Å²) in [5, 5.41) is 25.1. The van der Waals surface area contributed by atoms with E-state index in [1.54, 1.807) is 13.8 Å². The molecule has 160 valence electrons. The van der Waals surface area contributed by atoms with Gasteiger partial charge in [0.1, 0.15) is 6.04 Å². The maximum absolute atomic E-state index is 12.4. The van der Waals surface area contributed by atoms with Gasteiger partial charge in [-0.05, 0) is 12.8 Å². The molecule has 12 nitrogen and oxygen atoms in total. The van der Waals surface area contributed by atoms with Crippen molar-refractivity contribution in [2.24, 2.45) is 17.4 Å². The fourth-order valence-electron chi connectivity index (χ4n) is 2.16. The third kappa shape index (κ3) is 8.77. The molecule has 0 aromatic heterocycles. The van der Waals surface area contributed by atoms with Crippen LogP contribution in [0, 0.1) is 5.92 Å². The second-order valence-corrected chi connectivity index (χ2v) is 6.49. The second-order valence-electron chi connectivity index (χ2n) is 6.49. The van der Waals surface area contributed by atoms with Crippen LogP contribution < -0.4 is 27.4 Å². The molecule has 5 unspecified atom stereocenters. The van der Waals surface area contributed by atoms with Crippen LogP contribution in [0.5, 0.6) is 0 Å². The zero-order valence-electron chi connectivity index (χ0n) is 16.1. The third-order valence-electron chi connectivity index (χ3n) is 4.04. The van der Waals surface area contributed by atoms with Gasteiger partial charge in [0.15, 0.2) is 6.04 Å². The highest BCUT2D eigenvalue weighted by molar-refractivity contribution is 5.94. The van der Waals surface area contributed by atoms with Gasteiger partial charge in [0.25, 0.3) is 0 Å². The summed E-state index contributed by atoms with van der Waals surface area (Å²) >= 11 is 0. The average molecular weight is 403 g/mol. The summed E-state index contributed by atoms with van der Waals surface area (Å²) in [6, 6.07) is -3.78. The first kappa shape index (κ1) is 25.3. The molecule has 0 aliphatic carbocycles. The topological polar surface area (TPSA) is 214 Å². The van der Waals surface area contributed by atoms with Crippen molar-refractivity contribution in [3.8, 4) is 0 Å². The lowest BCUT2D eigenvalue weighted by molar-refractivity contribution is -0.144. The average Bonchev–Trinajstić information content (AvgIpc) is 2.59. The number of hydrogen-bond acceptors (Lipinski definition) is 7. The van der Waals surface area contributed by atoms with Gasteiger partial charge in [-0.1, -0.05) is 20.3 Å². The van der Waals surface area contributed by atoms with E-state index in [4.69, 9.17) is 16.6 Å². The summed E-state index contributed by atoms with van der Waals surface area (Å²) in [6.07, 6.45) is -1.21. The minimum atomic E-state index is -1.53. The number of aliphatic hydroxyl groups excluding tert-OH is 1. The van der Waals surface area contributed by atoms with Gasteiger partial charge in [-0.3, -0.25) is 19.2 Å². The minimum Gasteiger partial charge on any atom is -0.480 e. The minimum absolute atomic E-state index is 0.322. The fourth-order valence-corrected chi connectivity index (χ4v) is 2.16. The zero-order valence-corrected chi connectivity index (χ0v) is 16.1. The molecule has 5 atom stereocenters. The van der Waals surface area contributed by atoms with Gasteiger partial charge in [0.2, 0.25) is 23.6 Å². The van der Waals surface area contributed by atoms with Crippen molar-refractivity contribution in [1.29, 1.82) is 0 Å². The summed E-state index contributed by atoms with van der Waals surface area (Å²) in [4.78, 5) is 58.1. The molecule has 0 saturated heterocycles. The number of carbonyl (C=O) groups is 5. The maximum atomic E-state index is 12.4. The highest BCUT2D eigenvalue weighted by Crippen LogP contribution is 2.08. The first-order valence-corrected chi connectivity index (χ1v) is 8.72. The molecule has 0 fully saturated rings. The molecule has 12 heteroatoms. The molecule has 0 rings (SSSR count). The molecular weight excluding hydrogens is 374 g/mol. The van der Waals surface area contributed by atoms with E-state index in [0.717, 1.165) is 0 Å². The molecule has 28 heavy (non-hydrogen) atoms. The van der Waals surface area contributed by atoms with Crippen LogP contribution in [0.25, 0.3) is 0 Å². The molecular formula is C16H29N5O7. The van der Waals surface area contributed by atoms with Crippen molar-refractivity contribution >= 4 is 29.6 Å². The highest BCUT2D eigenvalue weighted by atomic mass is 16.4. The van der Waals surface area contributed by atoms with Gasteiger partial charge < -0.3 is 37.6 Å². The number of aliphatic hydroxyl groups is 1. The molecule has 0 spiro atoms. The van der Waals surface area contributed by atoms with E-state index < -0.39 is 60.4 Å². The third-order valence-corrected chi connectivity index (χ3v) is 4.04. The Balaban J connectivity index is 4.90. The normalized spacial score (nSPS) is 16.0. The fraction of sp³-hybridized carbons (Fsp3) is 0.688. The lowest BCUT2D eigenvalue weighted by Crippen LogP contribution is -2.56. The SMILES string of the molecule is CCC(C)C(NC(=O)C(N)CC(N)=O)C(=O)NCC(=O)NC(C(=O)O)C(C)O. The summed E-state index contributed by atoms with van der Waals surface area (Å²) in [7, 11) is 0. The molecule has 0 aromatic carbocycles. The highest BCUT2D eigenvalue weighted by Gasteiger charge is 2.29. The van der Waals surface area contributed by atoms with E-state index in [-0.39, 0.29) is 12.3 Å². The van der Waals surface area contributed by atoms with E-state index in [1.165, 1.54) is 6.92 Å². The van der Waals surface area contributed by atoms with E-state index >= 15 is 0 Å². The van der Waals surface area contributed by atoms with Gasteiger partial charge in [0, 0.05) is 0 Å². The van der Waals surface area contributed by atoms with Crippen LogP contribution in [0.15, 0.2) is 0 Å². The lowest BCUT2D eigenvalue weighted by Gasteiger charge is -2.25. The Labute approximate surface area is 162 Å². The van der Waals surface area contributed by atoms with Gasteiger partial charge in [-0.2, -0.15) is 0 Å². The van der Waals surface area contributed by atoms with Crippen molar-refractivity contribution < 1.29 is 34.2 Å². The number of nitrogens with two attached hydrogens (primary N) is 2. The number of hydrogen-bond donors (Lipinski definition) is 7. The van der Waals surface area contributed by atoms with Crippen LogP contribution >= 0.6 is 0 Å². The Morgan fingerprint density at radius 1 is 1.00 bits per heavy atom. The number of amides is 4. The predicted molar refractivity (Wildman–Crippen MR) is 97.4 cm³/mol. The van der Waals surface area contributed by atoms with Gasteiger partial charge >= 0.3 is 5.97 Å². The molecule has 0 aliphatic rings. The van der Waals surface area contributed by atoms with Crippen molar-refractivity contribution in [3.63, 3.8) is 0 Å². The van der Waals surface area contributed by atoms with Crippen LogP contribution in [-0.2, 0) is 24.0 Å². The van der Waals surface area contributed by atoms with Crippen molar-refractivity contribution in [1.82, 2.24) is 16.0 Å². The Hall–Kier alpha value is -2.73. The van der Waals surface area contributed by atoms with E-state index in [0.29, 0.717) is 6.42 Å². The number of primary amides is 1.